The molecule has 0 bridgehead atoms. The lowest BCUT2D eigenvalue weighted by Crippen LogP contribution is -1.97. The summed E-state index contributed by atoms with van der Waals surface area (Å²) < 4.78 is 0. The van der Waals surface area contributed by atoms with Gasteiger partial charge in [-0.1, -0.05) is 25.1 Å². The van der Waals surface area contributed by atoms with Crippen molar-refractivity contribution >= 4 is 28.8 Å². The minimum Gasteiger partial charge on any atom is -0.380 e. The van der Waals surface area contributed by atoms with E-state index in [0.717, 1.165) is 12.3 Å². The van der Waals surface area contributed by atoms with Gasteiger partial charge in [-0.3, -0.25) is 0 Å². The Hall–Kier alpha value is -0.930. The Morgan fingerprint density at radius 2 is 2.00 bits per heavy atom. The van der Waals surface area contributed by atoms with Crippen molar-refractivity contribution in [1.29, 1.82) is 0 Å². The molecule has 90 valence electrons. The number of nitrogens with one attached hydrogen (secondary N) is 1. The summed E-state index contributed by atoms with van der Waals surface area (Å²) in [5.41, 5.74) is 2.60. The van der Waals surface area contributed by atoms with Crippen LogP contribution in [0.3, 0.4) is 0 Å². The fourth-order valence-electron chi connectivity index (χ4n) is 1.54. The highest BCUT2D eigenvalue weighted by atomic mass is 32.2. The Bertz CT molecular complexity index is 420. The highest BCUT2D eigenvalue weighted by Gasteiger charge is 1.96. The first kappa shape index (κ1) is 12.5. The molecule has 17 heavy (non-hydrogen) atoms. The lowest BCUT2D eigenvalue weighted by Gasteiger charge is -2.06. The molecule has 2 aromatic rings. The minimum atomic E-state index is 0.917. The number of thioether (sulfide) groups is 1. The zero-order valence-corrected chi connectivity index (χ0v) is 11.6. The molecule has 0 saturated carbocycles. The second-order valence-corrected chi connectivity index (χ2v) is 6.07. The Labute approximate surface area is 111 Å². The maximum Gasteiger partial charge on any atom is 0.0494 e. The first-order valence-corrected chi connectivity index (χ1v) is 7.85. The van der Waals surface area contributed by atoms with E-state index >= 15 is 0 Å². The monoisotopic (exact) mass is 263 g/mol. The summed E-state index contributed by atoms with van der Waals surface area (Å²) in [5.74, 6) is 2.29. The van der Waals surface area contributed by atoms with Gasteiger partial charge in [0.2, 0.25) is 0 Å². The summed E-state index contributed by atoms with van der Waals surface area (Å²) >= 11 is 3.75. The molecule has 1 aromatic carbocycles. The average molecular weight is 263 g/mol. The van der Waals surface area contributed by atoms with Gasteiger partial charge in [0.15, 0.2) is 0 Å². The van der Waals surface area contributed by atoms with E-state index in [1.165, 1.54) is 21.9 Å². The molecule has 0 unspecified atom stereocenters. The van der Waals surface area contributed by atoms with Crippen LogP contribution < -0.4 is 5.32 Å². The summed E-state index contributed by atoms with van der Waals surface area (Å²) in [6, 6.07) is 13.0. The van der Waals surface area contributed by atoms with E-state index in [1.807, 2.05) is 11.8 Å². The molecular formula is C14H17NS2. The molecule has 0 aliphatic carbocycles. The molecule has 1 heterocycles. The molecule has 2 rings (SSSR count). The predicted octanol–water partition coefficient (Wildman–Crippen LogP) is 4.61. The predicted molar refractivity (Wildman–Crippen MR) is 79.9 cm³/mol. The van der Waals surface area contributed by atoms with Gasteiger partial charge in [0.05, 0.1) is 0 Å². The first-order chi connectivity index (χ1) is 8.38. The van der Waals surface area contributed by atoms with Crippen LogP contribution in [0.5, 0.6) is 0 Å². The number of benzene rings is 1. The smallest absolute Gasteiger partial charge is 0.0494 e. The van der Waals surface area contributed by atoms with E-state index in [-0.39, 0.29) is 0 Å². The van der Waals surface area contributed by atoms with Crippen molar-refractivity contribution in [2.75, 3.05) is 11.1 Å². The summed E-state index contributed by atoms with van der Waals surface area (Å²) in [5, 5.41) is 5.55. The third kappa shape index (κ3) is 4.10. The fourth-order valence-corrected chi connectivity index (χ4v) is 2.82. The standard InChI is InChI=1S/C14H17NS2/c1-2-16-11-12-5-7-13(8-6-12)15-10-14-4-3-9-17-14/h3-9,15H,2,10-11H2,1H3. The second-order valence-electron chi connectivity index (χ2n) is 3.77. The highest BCUT2D eigenvalue weighted by Crippen LogP contribution is 2.16. The van der Waals surface area contributed by atoms with Crippen molar-refractivity contribution in [3.8, 4) is 0 Å². The van der Waals surface area contributed by atoms with Crippen LogP contribution in [-0.2, 0) is 12.3 Å². The average Bonchev–Trinajstić information content (AvgIpc) is 2.88. The first-order valence-electron chi connectivity index (χ1n) is 5.81. The summed E-state index contributed by atoms with van der Waals surface area (Å²) in [7, 11) is 0. The largest absolute Gasteiger partial charge is 0.380 e. The number of anilines is 1. The van der Waals surface area contributed by atoms with Gasteiger partial charge in [-0.25, -0.2) is 0 Å². The highest BCUT2D eigenvalue weighted by molar-refractivity contribution is 7.98. The number of hydrogen-bond acceptors (Lipinski definition) is 3. The Morgan fingerprint density at radius 3 is 2.65 bits per heavy atom. The van der Waals surface area contributed by atoms with E-state index in [1.54, 1.807) is 11.3 Å². The van der Waals surface area contributed by atoms with Gasteiger partial charge >= 0.3 is 0 Å². The SMILES string of the molecule is CCSCc1ccc(NCc2cccs2)cc1. The maximum atomic E-state index is 3.43. The second kappa shape index (κ2) is 6.72. The number of thiophene rings is 1. The Morgan fingerprint density at radius 1 is 1.18 bits per heavy atom. The molecule has 1 nitrogen and oxygen atoms in total. The minimum absolute atomic E-state index is 0.917. The van der Waals surface area contributed by atoms with Crippen molar-refractivity contribution < 1.29 is 0 Å². The molecule has 0 aliphatic heterocycles. The maximum absolute atomic E-state index is 3.43. The van der Waals surface area contributed by atoms with E-state index in [0.29, 0.717) is 0 Å². The zero-order valence-electron chi connectivity index (χ0n) is 9.98. The van der Waals surface area contributed by atoms with Gasteiger partial charge < -0.3 is 5.32 Å². The molecule has 0 spiro atoms. The van der Waals surface area contributed by atoms with Gasteiger partial charge in [-0.05, 0) is 34.9 Å². The quantitative estimate of drug-likeness (QED) is 0.816. The Kier molecular flexibility index (Phi) is 4.95. The van der Waals surface area contributed by atoms with E-state index in [9.17, 15) is 0 Å². The molecular weight excluding hydrogens is 246 g/mol. The van der Waals surface area contributed by atoms with Crippen LogP contribution >= 0.6 is 23.1 Å². The molecule has 0 amide bonds. The van der Waals surface area contributed by atoms with Gasteiger partial charge in [-0.15, -0.1) is 11.3 Å². The molecule has 0 saturated heterocycles. The van der Waals surface area contributed by atoms with Crippen LogP contribution in [0.2, 0.25) is 0 Å². The van der Waals surface area contributed by atoms with Crippen molar-refractivity contribution in [2.24, 2.45) is 0 Å². The molecule has 1 N–H and O–H groups in total. The molecule has 0 radical (unpaired) electrons. The normalized spacial score (nSPS) is 10.4. The third-order valence-electron chi connectivity index (χ3n) is 2.47. The van der Waals surface area contributed by atoms with Gasteiger partial charge in [-0.2, -0.15) is 11.8 Å². The molecule has 0 atom stereocenters. The van der Waals surface area contributed by atoms with Gasteiger partial charge in [0.1, 0.15) is 0 Å². The van der Waals surface area contributed by atoms with Crippen LogP contribution in [0, 0.1) is 0 Å². The Balaban J connectivity index is 1.85. The lowest BCUT2D eigenvalue weighted by atomic mass is 10.2. The van der Waals surface area contributed by atoms with Crippen LogP contribution in [0.25, 0.3) is 0 Å². The summed E-state index contributed by atoms with van der Waals surface area (Å²) in [6.07, 6.45) is 0. The van der Waals surface area contributed by atoms with E-state index in [4.69, 9.17) is 0 Å². The zero-order chi connectivity index (χ0) is 11.9. The van der Waals surface area contributed by atoms with Crippen molar-refractivity contribution in [1.82, 2.24) is 0 Å². The van der Waals surface area contributed by atoms with Crippen molar-refractivity contribution in [3.63, 3.8) is 0 Å². The summed E-state index contributed by atoms with van der Waals surface area (Å²) in [4.78, 5) is 1.37. The van der Waals surface area contributed by atoms with Crippen LogP contribution in [0.15, 0.2) is 41.8 Å². The molecule has 3 heteroatoms. The topological polar surface area (TPSA) is 12.0 Å². The van der Waals surface area contributed by atoms with E-state index < -0.39 is 0 Å². The number of hydrogen-bond donors (Lipinski definition) is 1. The molecule has 0 aliphatic rings. The molecule has 1 aromatic heterocycles. The van der Waals surface area contributed by atoms with Crippen molar-refractivity contribution in [2.45, 2.75) is 19.2 Å². The lowest BCUT2D eigenvalue weighted by molar-refractivity contribution is 1.19. The third-order valence-corrected chi connectivity index (χ3v) is 4.30. The van der Waals surface area contributed by atoms with Gasteiger partial charge in [0.25, 0.3) is 0 Å². The fraction of sp³-hybridized carbons (Fsp3) is 0.286. The van der Waals surface area contributed by atoms with Crippen LogP contribution in [0.4, 0.5) is 5.69 Å². The van der Waals surface area contributed by atoms with Gasteiger partial charge in [0, 0.05) is 22.9 Å². The molecule has 0 fully saturated rings. The van der Waals surface area contributed by atoms with E-state index in [2.05, 4.69) is 54.0 Å². The van der Waals surface area contributed by atoms with Crippen LogP contribution in [0.1, 0.15) is 17.4 Å². The van der Waals surface area contributed by atoms with Crippen LogP contribution in [-0.4, -0.2) is 5.75 Å². The number of rotatable bonds is 6. The summed E-state index contributed by atoms with van der Waals surface area (Å²) in [6.45, 7) is 3.11. The van der Waals surface area contributed by atoms with Crippen molar-refractivity contribution in [3.05, 3.63) is 52.2 Å².